The standard InChI is InChI=1S/C21H19ClN2O4/c22-17-11-14(12-18-21(17)28-10-9-27-18)6-7-19(25)23-15-3-1-4-16(13-15)24-8-2-5-20(24)26/h1,3-4,6-7,11-13H,2,5,8-10H2,(H,23,25)/b7-6+. The topological polar surface area (TPSA) is 67.9 Å². The number of carbonyl (C=O) groups is 2. The molecule has 0 unspecified atom stereocenters. The Morgan fingerprint density at radius 1 is 1.18 bits per heavy atom. The first-order chi connectivity index (χ1) is 13.6. The molecule has 144 valence electrons. The van der Waals surface area contributed by atoms with Gasteiger partial charge in [-0.15, -0.1) is 0 Å². The summed E-state index contributed by atoms with van der Waals surface area (Å²) in [5.74, 6) is 0.930. The summed E-state index contributed by atoms with van der Waals surface area (Å²) >= 11 is 6.21. The van der Waals surface area contributed by atoms with E-state index in [4.69, 9.17) is 21.1 Å². The van der Waals surface area contributed by atoms with Crippen LogP contribution in [0.1, 0.15) is 18.4 Å². The highest BCUT2D eigenvalue weighted by Gasteiger charge is 2.21. The predicted octanol–water partition coefficient (Wildman–Crippen LogP) is 3.89. The monoisotopic (exact) mass is 398 g/mol. The normalized spacial score (nSPS) is 15.9. The van der Waals surface area contributed by atoms with Gasteiger partial charge in [-0.3, -0.25) is 9.59 Å². The third-order valence-electron chi connectivity index (χ3n) is 4.55. The third kappa shape index (κ3) is 3.97. The fourth-order valence-electron chi connectivity index (χ4n) is 3.26. The van der Waals surface area contributed by atoms with Crippen molar-refractivity contribution in [1.29, 1.82) is 0 Å². The van der Waals surface area contributed by atoms with Crippen LogP contribution in [-0.2, 0) is 9.59 Å². The minimum Gasteiger partial charge on any atom is -0.486 e. The Morgan fingerprint density at radius 3 is 2.86 bits per heavy atom. The van der Waals surface area contributed by atoms with Gasteiger partial charge in [0.25, 0.3) is 0 Å². The maximum Gasteiger partial charge on any atom is 0.248 e. The molecule has 2 aromatic rings. The molecule has 7 heteroatoms. The number of halogens is 1. The molecule has 0 atom stereocenters. The molecule has 0 bridgehead atoms. The smallest absolute Gasteiger partial charge is 0.248 e. The molecule has 6 nitrogen and oxygen atoms in total. The van der Waals surface area contributed by atoms with Crippen LogP contribution in [-0.4, -0.2) is 31.6 Å². The lowest BCUT2D eigenvalue weighted by molar-refractivity contribution is -0.117. The third-order valence-corrected chi connectivity index (χ3v) is 4.83. The Kier molecular flexibility index (Phi) is 5.21. The summed E-state index contributed by atoms with van der Waals surface area (Å²) in [5, 5.41) is 3.26. The molecule has 0 aliphatic carbocycles. The first kappa shape index (κ1) is 18.4. The molecular weight excluding hydrogens is 380 g/mol. The number of hydrogen-bond acceptors (Lipinski definition) is 4. The summed E-state index contributed by atoms with van der Waals surface area (Å²) in [6.07, 6.45) is 4.51. The van der Waals surface area contributed by atoms with Crippen LogP contribution in [0.15, 0.2) is 42.5 Å². The van der Waals surface area contributed by atoms with Gasteiger partial charge in [0.1, 0.15) is 13.2 Å². The molecule has 2 aliphatic heterocycles. The van der Waals surface area contributed by atoms with Crippen LogP contribution < -0.4 is 19.7 Å². The van der Waals surface area contributed by atoms with E-state index in [0.717, 1.165) is 17.7 Å². The number of nitrogens with one attached hydrogen (secondary N) is 1. The lowest BCUT2D eigenvalue weighted by Gasteiger charge is -2.19. The van der Waals surface area contributed by atoms with Gasteiger partial charge in [0.15, 0.2) is 11.5 Å². The first-order valence-corrected chi connectivity index (χ1v) is 9.46. The lowest BCUT2D eigenvalue weighted by atomic mass is 10.1. The zero-order valence-corrected chi connectivity index (χ0v) is 15.9. The summed E-state index contributed by atoms with van der Waals surface area (Å²) < 4.78 is 11.0. The van der Waals surface area contributed by atoms with Crippen LogP contribution in [0, 0.1) is 0 Å². The quantitative estimate of drug-likeness (QED) is 0.793. The van der Waals surface area contributed by atoms with Crippen molar-refractivity contribution in [2.45, 2.75) is 12.8 Å². The Hall–Kier alpha value is -2.99. The molecule has 2 amide bonds. The van der Waals surface area contributed by atoms with Crippen LogP contribution in [0.25, 0.3) is 6.08 Å². The second kappa shape index (κ2) is 7.94. The SMILES string of the molecule is O=C(/C=C/c1cc(Cl)c2c(c1)OCCO2)Nc1cccc(N2CCCC2=O)c1. The van der Waals surface area contributed by atoms with Crippen molar-refractivity contribution in [3.63, 3.8) is 0 Å². The number of fused-ring (bicyclic) bond motifs is 1. The molecule has 1 N–H and O–H groups in total. The Balaban J connectivity index is 1.45. The van der Waals surface area contributed by atoms with Crippen molar-refractivity contribution in [2.24, 2.45) is 0 Å². The molecule has 2 heterocycles. The number of hydrogen-bond donors (Lipinski definition) is 1. The summed E-state index contributed by atoms with van der Waals surface area (Å²) in [6.45, 7) is 1.64. The van der Waals surface area contributed by atoms with E-state index in [2.05, 4.69) is 5.32 Å². The fourth-order valence-corrected chi connectivity index (χ4v) is 3.53. The minimum atomic E-state index is -0.282. The van der Waals surface area contributed by atoms with Crippen LogP contribution in [0.4, 0.5) is 11.4 Å². The Labute approximate surface area is 167 Å². The largest absolute Gasteiger partial charge is 0.486 e. The van der Waals surface area contributed by atoms with Crippen molar-refractivity contribution >= 4 is 40.9 Å². The molecule has 28 heavy (non-hydrogen) atoms. The van der Waals surface area contributed by atoms with E-state index in [9.17, 15) is 9.59 Å². The number of anilines is 2. The van der Waals surface area contributed by atoms with E-state index in [1.807, 2.05) is 12.1 Å². The van der Waals surface area contributed by atoms with E-state index < -0.39 is 0 Å². The minimum absolute atomic E-state index is 0.110. The fraction of sp³-hybridized carbons (Fsp3) is 0.238. The molecule has 0 aromatic heterocycles. The summed E-state index contributed by atoms with van der Waals surface area (Å²) in [6, 6.07) is 10.8. The van der Waals surface area contributed by atoms with Crippen molar-refractivity contribution in [3.8, 4) is 11.5 Å². The molecule has 2 aromatic carbocycles. The van der Waals surface area contributed by atoms with E-state index in [1.165, 1.54) is 6.08 Å². The maximum atomic E-state index is 12.3. The average molecular weight is 399 g/mol. The van der Waals surface area contributed by atoms with Crippen molar-refractivity contribution in [3.05, 3.63) is 53.1 Å². The number of rotatable bonds is 4. The van der Waals surface area contributed by atoms with Crippen LogP contribution in [0.5, 0.6) is 11.5 Å². The Morgan fingerprint density at radius 2 is 2.04 bits per heavy atom. The number of amides is 2. The van der Waals surface area contributed by atoms with Gasteiger partial charge in [-0.2, -0.15) is 0 Å². The van der Waals surface area contributed by atoms with Crippen LogP contribution in [0.2, 0.25) is 5.02 Å². The maximum absolute atomic E-state index is 12.3. The van der Waals surface area contributed by atoms with Gasteiger partial charge in [0.2, 0.25) is 11.8 Å². The molecular formula is C21H19ClN2O4. The van der Waals surface area contributed by atoms with Gasteiger partial charge in [-0.05, 0) is 48.4 Å². The van der Waals surface area contributed by atoms with E-state index in [1.54, 1.807) is 35.2 Å². The number of carbonyl (C=O) groups excluding carboxylic acids is 2. The molecule has 2 aliphatic rings. The first-order valence-electron chi connectivity index (χ1n) is 9.09. The van der Waals surface area contributed by atoms with Gasteiger partial charge >= 0.3 is 0 Å². The zero-order valence-electron chi connectivity index (χ0n) is 15.1. The predicted molar refractivity (Wildman–Crippen MR) is 108 cm³/mol. The van der Waals surface area contributed by atoms with Gasteiger partial charge in [-0.1, -0.05) is 17.7 Å². The molecule has 4 rings (SSSR count). The van der Waals surface area contributed by atoms with E-state index in [-0.39, 0.29) is 11.8 Å². The second-order valence-electron chi connectivity index (χ2n) is 6.55. The number of benzene rings is 2. The highest BCUT2D eigenvalue weighted by atomic mass is 35.5. The van der Waals surface area contributed by atoms with Crippen LogP contribution in [0.3, 0.4) is 0 Å². The molecule has 0 spiro atoms. The van der Waals surface area contributed by atoms with Gasteiger partial charge < -0.3 is 19.7 Å². The molecule has 1 fully saturated rings. The van der Waals surface area contributed by atoms with Crippen molar-refractivity contribution < 1.29 is 19.1 Å². The highest BCUT2D eigenvalue weighted by Crippen LogP contribution is 2.38. The van der Waals surface area contributed by atoms with E-state index >= 15 is 0 Å². The Bertz CT molecular complexity index is 957. The average Bonchev–Trinajstić information content (AvgIpc) is 3.13. The highest BCUT2D eigenvalue weighted by molar-refractivity contribution is 6.32. The van der Waals surface area contributed by atoms with Gasteiger partial charge in [0, 0.05) is 30.4 Å². The van der Waals surface area contributed by atoms with Gasteiger partial charge in [-0.25, -0.2) is 0 Å². The molecule has 1 saturated heterocycles. The summed E-state index contributed by atoms with van der Waals surface area (Å²) in [4.78, 5) is 25.9. The summed E-state index contributed by atoms with van der Waals surface area (Å²) in [5.41, 5.74) is 2.16. The van der Waals surface area contributed by atoms with Crippen molar-refractivity contribution in [1.82, 2.24) is 0 Å². The lowest BCUT2D eigenvalue weighted by Crippen LogP contribution is -2.23. The van der Waals surface area contributed by atoms with Crippen molar-refractivity contribution in [2.75, 3.05) is 30.0 Å². The summed E-state index contributed by atoms with van der Waals surface area (Å²) in [7, 11) is 0. The van der Waals surface area contributed by atoms with Crippen LogP contribution >= 0.6 is 11.6 Å². The number of nitrogens with zero attached hydrogens (tertiary/aromatic N) is 1. The number of ether oxygens (including phenoxy) is 2. The zero-order chi connectivity index (χ0) is 19.5. The second-order valence-corrected chi connectivity index (χ2v) is 6.96. The molecule has 0 radical (unpaired) electrons. The molecule has 0 saturated carbocycles. The van der Waals surface area contributed by atoms with E-state index in [0.29, 0.717) is 48.4 Å². The van der Waals surface area contributed by atoms with Gasteiger partial charge in [0.05, 0.1) is 5.02 Å².